The first-order valence-corrected chi connectivity index (χ1v) is 10.0. The molecule has 31 heavy (non-hydrogen) atoms. The van der Waals surface area contributed by atoms with Gasteiger partial charge in [0.1, 0.15) is 11.6 Å². The van der Waals surface area contributed by atoms with Crippen LogP contribution in [0.5, 0.6) is 0 Å². The first kappa shape index (κ1) is 20.5. The van der Waals surface area contributed by atoms with Crippen molar-refractivity contribution in [3.8, 4) is 11.3 Å². The van der Waals surface area contributed by atoms with Crippen LogP contribution >= 0.6 is 0 Å². The van der Waals surface area contributed by atoms with E-state index in [4.69, 9.17) is 5.73 Å². The van der Waals surface area contributed by atoms with E-state index in [0.29, 0.717) is 41.3 Å². The lowest BCUT2D eigenvalue weighted by molar-refractivity contribution is 0.0930. The van der Waals surface area contributed by atoms with Crippen LogP contribution in [-0.2, 0) is 0 Å². The topological polar surface area (TPSA) is 101 Å². The van der Waals surface area contributed by atoms with Gasteiger partial charge in [-0.2, -0.15) is 0 Å². The average molecular weight is 419 g/mol. The van der Waals surface area contributed by atoms with Crippen LogP contribution in [-0.4, -0.2) is 40.9 Å². The van der Waals surface area contributed by atoms with E-state index in [1.807, 2.05) is 4.90 Å². The van der Waals surface area contributed by atoms with Crippen molar-refractivity contribution in [1.29, 1.82) is 0 Å². The maximum absolute atomic E-state index is 13.4. The third-order valence-electron chi connectivity index (χ3n) is 5.33. The zero-order chi connectivity index (χ0) is 21.8. The van der Waals surface area contributed by atoms with E-state index in [2.05, 4.69) is 15.3 Å². The molecule has 158 valence electrons. The van der Waals surface area contributed by atoms with Crippen LogP contribution in [0.3, 0.4) is 0 Å². The molecule has 1 aliphatic rings. The molecule has 0 bridgehead atoms. The fourth-order valence-corrected chi connectivity index (χ4v) is 3.69. The van der Waals surface area contributed by atoms with E-state index in [1.165, 1.54) is 18.3 Å². The summed E-state index contributed by atoms with van der Waals surface area (Å²) in [5, 5.41) is 3.04. The number of benzene rings is 1. The highest BCUT2D eigenvalue weighted by molar-refractivity contribution is 5.97. The maximum Gasteiger partial charge on any atom is 0.253 e. The minimum absolute atomic E-state index is 0.00684. The van der Waals surface area contributed by atoms with Gasteiger partial charge in [-0.15, -0.1) is 0 Å². The molecule has 1 aromatic carbocycles. The summed E-state index contributed by atoms with van der Waals surface area (Å²) in [5.74, 6) is -0.460. The number of amides is 2. The molecule has 1 saturated heterocycles. The third-order valence-corrected chi connectivity index (χ3v) is 5.33. The van der Waals surface area contributed by atoms with Gasteiger partial charge in [-0.05, 0) is 49.2 Å². The van der Waals surface area contributed by atoms with E-state index in [0.717, 1.165) is 12.8 Å². The van der Waals surface area contributed by atoms with E-state index in [-0.39, 0.29) is 17.8 Å². The van der Waals surface area contributed by atoms with E-state index < -0.39 is 5.91 Å². The van der Waals surface area contributed by atoms with Gasteiger partial charge < -0.3 is 16.0 Å². The Morgan fingerprint density at radius 2 is 1.87 bits per heavy atom. The normalized spacial score (nSPS) is 14.3. The Morgan fingerprint density at radius 1 is 1.06 bits per heavy atom. The smallest absolute Gasteiger partial charge is 0.253 e. The van der Waals surface area contributed by atoms with Crippen LogP contribution in [0.4, 0.5) is 10.2 Å². The highest BCUT2D eigenvalue weighted by Crippen LogP contribution is 2.22. The monoisotopic (exact) mass is 419 g/mol. The number of carbonyl (C=O) groups excluding carboxylic acids is 2. The van der Waals surface area contributed by atoms with Crippen LogP contribution in [0.15, 0.2) is 60.9 Å². The van der Waals surface area contributed by atoms with Crippen LogP contribution in [0, 0.1) is 5.82 Å². The summed E-state index contributed by atoms with van der Waals surface area (Å²) in [4.78, 5) is 34.9. The highest BCUT2D eigenvalue weighted by Gasteiger charge is 2.24. The number of rotatable bonds is 5. The Kier molecular flexibility index (Phi) is 5.88. The van der Waals surface area contributed by atoms with Crippen LogP contribution in [0.25, 0.3) is 11.3 Å². The number of anilines is 1. The second-order valence-corrected chi connectivity index (χ2v) is 7.42. The lowest BCUT2D eigenvalue weighted by Gasteiger charge is -2.33. The number of hydrogen-bond acceptors (Lipinski definition) is 5. The molecule has 1 aliphatic heterocycles. The minimum atomic E-state index is -0.507. The SMILES string of the molecule is NC(=O)c1cccnc1N1CCC(NC(=O)c2ccc(-c3cccc(F)c3)nc2)CC1. The van der Waals surface area contributed by atoms with Crippen LogP contribution in [0.2, 0.25) is 0 Å². The lowest BCUT2D eigenvalue weighted by atomic mass is 10.0. The molecule has 3 N–H and O–H groups in total. The average Bonchev–Trinajstić information content (AvgIpc) is 2.79. The molecular weight excluding hydrogens is 397 g/mol. The molecule has 0 atom stereocenters. The molecule has 3 heterocycles. The number of halogens is 1. The molecule has 0 saturated carbocycles. The van der Waals surface area contributed by atoms with Crippen LogP contribution in [0.1, 0.15) is 33.6 Å². The molecule has 4 rings (SSSR count). The van der Waals surface area contributed by atoms with Gasteiger partial charge >= 0.3 is 0 Å². The van der Waals surface area contributed by atoms with Crippen molar-refractivity contribution in [2.24, 2.45) is 5.73 Å². The molecule has 3 aromatic rings. The van der Waals surface area contributed by atoms with Gasteiger partial charge in [-0.1, -0.05) is 12.1 Å². The van der Waals surface area contributed by atoms with Gasteiger partial charge in [-0.25, -0.2) is 9.37 Å². The van der Waals surface area contributed by atoms with Crippen molar-refractivity contribution in [2.75, 3.05) is 18.0 Å². The number of pyridine rings is 2. The van der Waals surface area contributed by atoms with Gasteiger partial charge in [0.15, 0.2) is 0 Å². The fraction of sp³-hybridized carbons (Fsp3) is 0.217. The fourth-order valence-electron chi connectivity index (χ4n) is 3.69. The zero-order valence-electron chi connectivity index (χ0n) is 16.8. The van der Waals surface area contributed by atoms with E-state index >= 15 is 0 Å². The second kappa shape index (κ2) is 8.91. The van der Waals surface area contributed by atoms with Crippen LogP contribution < -0.4 is 16.0 Å². The Bertz CT molecular complexity index is 1100. The zero-order valence-corrected chi connectivity index (χ0v) is 16.8. The number of hydrogen-bond donors (Lipinski definition) is 2. The standard InChI is InChI=1S/C23H22FN5O2/c24-17-4-1-3-15(13-17)20-7-6-16(14-27-20)23(31)28-18-8-11-29(12-9-18)22-19(21(25)30)5-2-10-26-22/h1-7,10,13-14,18H,8-9,11-12H2,(H2,25,30)(H,28,31). The number of nitrogens with two attached hydrogens (primary N) is 1. The summed E-state index contributed by atoms with van der Waals surface area (Å²) in [6, 6.07) is 12.9. The summed E-state index contributed by atoms with van der Waals surface area (Å²) < 4.78 is 13.4. The Labute approximate surface area is 179 Å². The third kappa shape index (κ3) is 4.69. The largest absolute Gasteiger partial charge is 0.365 e. The molecule has 0 radical (unpaired) electrons. The summed E-state index contributed by atoms with van der Waals surface area (Å²) in [6.45, 7) is 1.30. The molecule has 0 spiro atoms. The summed E-state index contributed by atoms with van der Waals surface area (Å²) in [7, 11) is 0. The number of nitrogens with one attached hydrogen (secondary N) is 1. The Morgan fingerprint density at radius 3 is 2.55 bits per heavy atom. The molecule has 8 heteroatoms. The minimum Gasteiger partial charge on any atom is -0.365 e. The van der Waals surface area contributed by atoms with E-state index in [9.17, 15) is 14.0 Å². The molecule has 0 unspecified atom stereocenters. The summed E-state index contributed by atoms with van der Waals surface area (Å²) in [5.41, 5.74) is 7.55. The lowest BCUT2D eigenvalue weighted by Crippen LogP contribution is -2.45. The first-order valence-electron chi connectivity index (χ1n) is 10.0. The molecule has 7 nitrogen and oxygen atoms in total. The highest BCUT2D eigenvalue weighted by atomic mass is 19.1. The number of nitrogens with zero attached hydrogens (tertiary/aromatic N) is 3. The Hall–Kier alpha value is -3.81. The number of piperidine rings is 1. The van der Waals surface area contributed by atoms with Crippen molar-refractivity contribution in [3.05, 3.63) is 77.9 Å². The van der Waals surface area contributed by atoms with Crippen molar-refractivity contribution >= 4 is 17.6 Å². The first-order chi connectivity index (χ1) is 15.0. The quantitative estimate of drug-likeness (QED) is 0.662. The molecular formula is C23H22FN5O2. The van der Waals surface area contributed by atoms with Gasteiger partial charge in [0.25, 0.3) is 11.8 Å². The Balaban J connectivity index is 1.36. The summed E-state index contributed by atoms with van der Waals surface area (Å²) in [6.07, 6.45) is 4.57. The van der Waals surface area contributed by atoms with E-state index in [1.54, 1.807) is 42.6 Å². The van der Waals surface area contributed by atoms with Gasteiger partial charge in [0.2, 0.25) is 0 Å². The summed E-state index contributed by atoms with van der Waals surface area (Å²) >= 11 is 0. The molecule has 0 aliphatic carbocycles. The number of aromatic nitrogens is 2. The van der Waals surface area contributed by atoms with Gasteiger partial charge in [-0.3, -0.25) is 14.6 Å². The second-order valence-electron chi connectivity index (χ2n) is 7.42. The molecule has 2 aromatic heterocycles. The molecule has 1 fully saturated rings. The van der Waals surface area contributed by atoms with Crippen molar-refractivity contribution in [2.45, 2.75) is 18.9 Å². The van der Waals surface area contributed by atoms with Crippen molar-refractivity contribution in [3.63, 3.8) is 0 Å². The van der Waals surface area contributed by atoms with Gasteiger partial charge in [0, 0.05) is 37.1 Å². The number of carbonyl (C=O) groups is 2. The number of primary amides is 1. The maximum atomic E-state index is 13.4. The van der Waals surface area contributed by atoms with Crippen molar-refractivity contribution < 1.29 is 14.0 Å². The molecule has 2 amide bonds. The van der Waals surface area contributed by atoms with Gasteiger partial charge in [0.05, 0.1) is 16.8 Å². The predicted molar refractivity (Wildman–Crippen MR) is 115 cm³/mol. The van der Waals surface area contributed by atoms with Crippen molar-refractivity contribution in [1.82, 2.24) is 15.3 Å². The predicted octanol–water partition coefficient (Wildman–Crippen LogP) is 2.78.